The van der Waals surface area contributed by atoms with Crippen LogP contribution in [0.4, 0.5) is 5.69 Å². The minimum absolute atomic E-state index is 0.00629. The second-order valence-corrected chi connectivity index (χ2v) is 17.3. The number of aromatic hydroxyl groups is 1. The Morgan fingerprint density at radius 2 is 1.80 bits per heavy atom. The van der Waals surface area contributed by atoms with Crippen molar-refractivity contribution in [1.82, 2.24) is 9.29 Å². The number of aliphatic hydroxyl groups excluding tert-OH is 2. The number of phenolic OH excluding ortho intramolecular Hbond substituents is 1. The van der Waals surface area contributed by atoms with E-state index in [0.717, 1.165) is 24.0 Å². The Balaban J connectivity index is 1.43. The summed E-state index contributed by atoms with van der Waals surface area (Å²) >= 11 is 0. The first-order valence-electron chi connectivity index (χ1n) is 20.0. The third-order valence-electron chi connectivity index (χ3n) is 11.9. The van der Waals surface area contributed by atoms with Crippen molar-refractivity contribution in [1.29, 1.82) is 0 Å². The molecule has 15 heteroatoms. The molecule has 3 N–H and O–H groups in total. The van der Waals surface area contributed by atoms with Crippen molar-refractivity contribution in [3.63, 3.8) is 0 Å². The number of allylic oxidation sites excluding steroid dienone is 1. The van der Waals surface area contributed by atoms with Gasteiger partial charge >= 0.3 is 0 Å². The smallest absolute Gasteiger partial charge is 0.269 e. The third kappa shape index (κ3) is 8.22. The number of aliphatic hydroxyl groups is 2. The van der Waals surface area contributed by atoms with Crippen LogP contribution in [0.5, 0.6) is 11.5 Å². The first-order valence-corrected chi connectivity index (χ1v) is 21.4. The molecule has 2 heterocycles. The maximum Gasteiger partial charge on any atom is 0.269 e. The van der Waals surface area contributed by atoms with Gasteiger partial charge in [0.05, 0.1) is 34.7 Å². The number of aromatic nitrogens is 1. The van der Waals surface area contributed by atoms with Gasteiger partial charge in [0, 0.05) is 61.9 Å². The zero-order valence-electron chi connectivity index (χ0n) is 32.9. The van der Waals surface area contributed by atoms with Gasteiger partial charge in [0.2, 0.25) is 15.8 Å². The van der Waals surface area contributed by atoms with E-state index in [4.69, 9.17) is 19.5 Å². The van der Waals surface area contributed by atoms with E-state index in [1.165, 1.54) is 29.6 Å². The van der Waals surface area contributed by atoms with Crippen LogP contribution in [0.2, 0.25) is 0 Å². The molecule has 4 aromatic rings. The van der Waals surface area contributed by atoms with Crippen molar-refractivity contribution in [3.05, 3.63) is 125 Å². The number of phenols is 1. The van der Waals surface area contributed by atoms with Crippen LogP contribution in [0.25, 0.3) is 10.9 Å². The molecule has 14 nitrogen and oxygen atoms in total. The number of non-ortho nitro benzene ring substituents is 1. The summed E-state index contributed by atoms with van der Waals surface area (Å²) in [5.41, 5.74) is 2.89. The molecule has 3 aromatic carbocycles. The number of nitro groups is 1. The molecule has 0 saturated heterocycles. The van der Waals surface area contributed by atoms with Gasteiger partial charge in [-0.05, 0) is 91.1 Å². The van der Waals surface area contributed by atoms with Crippen molar-refractivity contribution in [2.24, 2.45) is 22.9 Å². The molecular weight excluding hydrogens is 777 g/mol. The quantitative estimate of drug-likeness (QED) is 0.0405. The predicted octanol–water partition coefficient (Wildman–Crippen LogP) is 7.00. The van der Waals surface area contributed by atoms with Gasteiger partial charge in [-0.2, -0.15) is 4.31 Å². The van der Waals surface area contributed by atoms with Crippen LogP contribution in [0, 0.1) is 27.9 Å². The second kappa shape index (κ2) is 18.0. The Labute approximate surface area is 343 Å². The number of ether oxygens (including phenoxy) is 2. The summed E-state index contributed by atoms with van der Waals surface area (Å²) in [6.45, 7) is 4.01. The Hall–Kier alpha value is -5.19. The van der Waals surface area contributed by atoms with E-state index >= 15 is 8.42 Å². The maximum atomic E-state index is 15.0. The molecule has 3 aliphatic rings. The molecule has 1 saturated carbocycles. The largest absolute Gasteiger partial charge is 0.508 e. The number of hydrogen-bond acceptors (Lipinski definition) is 12. The van der Waals surface area contributed by atoms with E-state index in [1.807, 2.05) is 0 Å². The number of hydrogen-bond donors (Lipinski definition) is 3. The third-order valence-corrected chi connectivity index (χ3v) is 13.8. The van der Waals surface area contributed by atoms with Gasteiger partial charge in [-0.15, -0.1) is 6.58 Å². The molecule has 0 spiro atoms. The maximum absolute atomic E-state index is 15.0. The Kier molecular flexibility index (Phi) is 12.8. The van der Waals surface area contributed by atoms with Crippen molar-refractivity contribution < 1.29 is 43.0 Å². The van der Waals surface area contributed by atoms with Gasteiger partial charge in [0.1, 0.15) is 23.0 Å². The Morgan fingerprint density at radius 3 is 2.53 bits per heavy atom. The number of unbranched alkanes of at least 4 members (excludes halogenated alkanes) is 2. The molecule has 0 amide bonds. The van der Waals surface area contributed by atoms with Gasteiger partial charge in [-0.1, -0.05) is 48.3 Å². The highest BCUT2D eigenvalue weighted by molar-refractivity contribution is 7.89. The lowest BCUT2D eigenvalue weighted by atomic mass is 9.55. The number of nitro benzene ring substituents is 1. The second-order valence-electron chi connectivity index (χ2n) is 15.3. The fourth-order valence-electron chi connectivity index (χ4n) is 9.22. The normalized spacial score (nSPS) is 24.2. The van der Waals surface area contributed by atoms with Crippen LogP contribution >= 0.6 is 0 Å². The first kappa shape index (κ1) is 42.0. The van der Waals surface area contributed by atoms with E-state index < -0.39 is 32.7 Å². The lowest BCUT2D eigenvalue weighted by molar-refractivity contribution is -0.384. The van der Waals surface area contributed by atoms with Gasteiger partial charge in [-0.25, -0.2) is 8.42 Å². The predicted molar refractivity (Wildman–Crippen MR) is 221 cm³/mol. The number of sulfonamides is 1. The highest BCUT2D eigenvalue weighted by atomic mass is 32.2. The van der Waals surface area contributed by atoms with E-state index in [-0.39, 0.29) is 66.9 Å². The summed E-state index contributed by atoms with van der Waals surface area (Å²) in [4.78, 5) is 21.3. The lowest BCUT2D eigenvalue weighted by Gasteiger charge is -2.59. The topological polar surface area (TPSA) is 194 Å². The highest BCUT2D eigenvalue weighted by Gasteiger charge is 2.65. The zero-order chi connectivity index (χ0) is 41.7. The molecule has 6 unspecified atom stereocenters. The summed E-state index contributed by atoms with van der Waals surface area (Å²) in [7, 11) is -2.81. The van der Waals surface area contributed by atoms with E-state index in [1.54, 1.807) is 66.9 Å². The van der Waals surface area contributed by atoms with Gasteiger partial charge in [0.15, 0.2) is 0 Å². The number of rotatable bonds is 18. The molecule has 312 valence electrons. The van der Waals surface area contributed by atoms with E-state index in [0.29, 0.717) is 53.6 Å². The standard InChI is InChI=1S/C44H50N4O10S/c1-3-24-56-44-40(47(2)59(54,55)39-14-8-11-30-12-9-21-45-43(30)39)27-37(46-57-28-29-15-17-32(18-16-29)48(52)53)35-25-31(10-4-6-22-49)34(13-5-7-23-50)41(42(35)44)36-26-33(51)19-20-38(36)58-44/h3,8-9,11-12,14-21,25-26,31,34,40-42,49-51H,1,4-7,10,13,22-24,27-28H2,2H3. The highest BCUT2D eigenvalue weighted by Crippen LogP contribution is 2.62. The van der Waals surface area contributed by atoms with Crippen LogP contribution < -0.4 is 4.74 Å². The molecule has 2 aliphatic carbocycles. The number of para-hydroxylation sites is 1. The molecule has 7 rings (SSSR count). The van der Waals surface area contributed by atoms with E-state index in [2.05, 4.69) is 17.6 Å². The molecule has 59 heavy (non-hydrogen) atoms. The summed E-state index contributed by atoms with van der Waals surface area (Å²) in [6, 6.07) is 18.4. The van der Waals surface area contributed by atoms with Gasteiger partial charge in [0.25, 0.3) is 5.69 Å². The molecule has 0 radical (unpaired) electrons. The van der Waals surface area contributed by atoms with Crippen LogP contribution in [-0.2, 0) is 26.2 Å². The van der Waals surface area contributed by atoms with Crippen LogP contribution in [-0.4, -0.2) is 82.4 Å². The summed E-state index contributed by atoms with van der Waals surface area (Å²) in [5, 5.41) is 47.2. The van der Waals surface area contributed by atoms with Crippen molar-refractivity contribution >= 4 is 32.3 Å². The average Bonchev–Trinajstić information content (AvgIpc) is 3.24. The minimum Gasteiger partial charge on any atom is -0.508 e. The first-order chi connectivity index (χ1) is 28.5. The van der Waals surface area contributed by atoms with Crippen LogP contribution in [0.15, 0.2) is 113 Å². The molecule has 1 aromatic heterocycles. The monoisotopic (exact) mass is 826 g/mol. The Morgan fingerprint density at radius 1 is 1.05 bits per heavy atom. The fourth-order valence-corrected chi connectivity index (χ4v) is 10.8. The number of pyridine rings is 1. The number of oxime groups is 1. The number of benzene rings is 3. The van der Waals surface area contributed by atoms with Crippen LogP contribution in [0.3, 0.4) is 0 Å². The fraction of sp³-hybridized carbons (Fsp3) is 0.409. The molecule has 6 atom stereocenters. The number of likely N-dealkylation sites (N-methyl/N-ethyl adjacent to an activating group) is 1. The number of nitrogens with zero attached hydrogens (tertiary/aromatic N) is 4. The minimum atomic E-state index is -4.32. The van der Waals surface area contributed by atoms with Crippen molar-refractivity contribution in [2.75, 3.05) is 26.9 Å². The van der Waals surface area contributed by atoms with Gasteiger partial charge in [-0.3, -0.25) is 15.1 Å². The zero-order valence-corrected chi connectivity index (χ0v) is 33.7. The molecule has 1 aliphatic heterocycles. The van der Waals surface area contributed by atoms with Crippen molar-refractivity contribution in [3.8, 4) is 11.5 Å². The molecule has 1 fully saturated rings. The average molecular weight is 827 g/mol. The van der Waals surface area contributed by atoms with Gasteiger partial charge < -0.3 is 29.6 Å². The SMILES string of the molecule is C=CCOC12Oc3ccc(O)cc3C3C(CCCCO)C(CCCCO)C=C(C(=NOCc4ccc([N+](=O)[O-])cc4)CC1N(C)S(=O)(=O)c1cccc4cccnc14)C32. The summed E-state index contributed by atoms with van der Waals surface area (Å²) in [5.74, 6) is -2.31. The summed E-state index contributed by atoms with van der Waals surface area (Å²) in [6.07, 6.45) is 9.41. The lowest BCUT2D eigenvalue weighted by Crippen LogP contribution is -2.69. The van der Waals surface area contributed by atoms with E-state index in [9.17, 15) is 25.4 Å². The summed E-state index contributed by atoms with van der Waals surface area (Å²) < 4.78 is 45.3. The van der Waals surface area contributed by atoms with Crippen molar-refractivity contribution in [2.45, 2.75) is 74.2 Å². The van der Waals surface area contributed by atoms with Crippen LogP contribution in [0.1, 0.15) is 62.0 Å². The molecular formula is C44H50N4O10S. The molecule has 0 bridgehead atoms. The number of fused-ring (bicyclic) bond motifs is 3. The Bertz CT molecular complexity index is 2330.